The fourth-order valence-corrected chi connectivity index (χ4v) is 2.46. The van der Waals surface area contributed by atoms with Gasteiger partial charge in [0.05, 0.1) is 11.6 Å². The molecule has 92 valence electrons. The van der Waals surface area contributed by atoms with Crippen molar-refractivity contribution in [3.63, 3.8) is 0 Å². The number of carbonyl (C=O) groups is 1. The Morgan fingerprint density at radius 1 is 1.47 bits per heavy atom. The van der Waals surface area contributed by atoms with E-state index < -0.39 is 5.82 Å². The van der Waals surface area contributed by atoms with Gasteiger partial charge in [-0.05, 0) is 31.0 Å². The quantitative estimate of drug-likeness (QED) is 0.882. The lowest BCUT2D eigenvalue weighted by atomic mass is 10.0. The van der Waals surface area contributed by atoms with Crippen molar-refractivity contribution < 1.29 is 9.18 Å². The summed E-state index contributed by atoms with van der Waals surface area (Å²) in [6.45, 7) is 0. The summed E-state index contributed by atoms with van der Waals surface area (Å²) in [6.07, 6.45) is 2.61. The number of hydrogen-bond donors (Lipinski definition) is 2. The molecular weight excluding hydrogens is 287 g/mol. The molecule has 0 heterocycles. The van der Waals surface area contributed by atoms with Crippen LogP contribution in [0.2, 0.25) is 0 Å². The minimum atomic E-state index is -0.445. The second kappa shape index (κ2) is 5.14. The van der Waals surface area contributed by atoms with Gasteiger partial charge < -0.3 is 11.1 Å². The van der Waals surface area contributed by atoms with Crippen molar-refractivity contribution in [3.8, 4) is 0 Å². The number of halogens is 2. The van der Waals surface area contributed by atoms with E-state index in [-0.39, 0.29) is 23.6 Å². The number of nitrogens with two attached hydrogens (primary N) is 1. The Bertz CT molecular complexity index is 439. The van der Waals surface area contributed by atoms with Crippen molar-refractivity contribution >= 4 is 27.5 Å². The van der Waals surface area contributed by atoms with Gasteiger partial charge >= 0.3 is 0 Å². The van der Waals surface area contributed by atoms with E-state index in [0.29, 0.717) is 4.47 Å². The first-order valence-corrected chi connectivity index (χ1v) is 6.38. The minimum absolute atomic E-state index is 0.103. The number of nitrogens with one attached hydrogen (secondary N) is 1. The Hall–Kier alpha value is -0.940. The highest BCUT2D eigenvalue weighted by Crippen LogP contribution is 2.26. The lowest BCUT2D eigenvalue weighted by Gasteiger charge is -2.15. The first kappa shape index (κ1) is 12.5. The average molecular weight is 301 g/mol. The van der Waals surface area contributed by atoms with Crippen molar-refractivity contribution in [2.24, 2.45) is 11.7 Å². The van der Waals surface area contributed by atoms with E-state index in [9.17, 15) is 9.18 Å². The maximum Gasteiger partial charge on any atom is 0.229 e. The molecule has 1 aromatic carbocycles. The molecular formula is C12H14BrFN2O. The normalized spacial score (nSPS) is 23.7. The van der Waals surface area contributed by atoms with Crippen molar-refractivity contribution in [1.82, 2.24) is 0 Å². The molecule has 5 heteroatoms. The number of hydrogen-bond acceptors (Lipinski definition) is 2. The fraction of sp³-hybridized carbons (Fsp3) is 0.417. The molecule has 0 aliphatic heterocycles. The van der Waals surface area contributed by atoms with Crippen LogP contribution in [0, 0.1) is 11.7 Å². The molecule has 1 amide bonds. The summed E-state index contributed by atoms with van der Waals surface area (Å²) in [5, 5.41) is 2.60. The molecule has 1 aliphatic rings. The molecule has 3 N–H and O–H groups in total. The van der Waals surface area contributed by atoms with Crippen LogP contribution >= 0.6 is 15.9 Å². The Morgan fingerprint density at radius 3 is 2.82 bits per heavy atom. The predicted octanol–water partition coefficient (Wildman–Crippen LogP) is 2.65. The van der Waals surface area contributed by atoms with Crippen LogP contribution in [0.15, 0.2) is 22.7 Å². The fourth-order valence-electron chi connectivity index (χ4n) is 2.13. The molecule has 0 aromatic heterocycles. The van der Waals surface area contributed by atoms with Gasteiger partial charge in [-0.1, -0.05) is 22.4 Å². The molecule has 0 saturated heterocycles. The van der Waals surface area contributed by atoms with Crippen LogP contribution in [0.3, 0.4) is 0 Å². The smallest absolute Gasteiger partial charge is 0.229 e. The van der Waals surface area contributed by atoms with Crippen LogP contribution in [-0.2, 0) is 4.79 Å². The van der Waals surface area contributed by atoms with Gasteiger partial charge in [-0.2, -0.15) is 0 Å². The monoisotopic (exact) mass is 300 g/mol. The van der Waals surface area contributed by atoms with Gasteiger partial charge in [-0.25, -0.2) is 4.39 Å². The van der Waals surface area contributed by atoms with Gasteiger partial charge in [-0.3, -0.25) is 4.79 Å². The maximum absolute atomic E-state index is 13.5. The number of carbonyl (C=O) groups excluding carboxylic acids is 1. The minimum Gasteiger partial charge on any atom is -0.327 e. The van der Waals surface area contributed by atoms with Gasteiger partial charge in [0, 0.05) is 10.5 Å². The largest absolute Gasteiger partial charge is 0.327 e. The molecule has 1 saturated carbocycles. The van der Waals surface area contributed by atoms with E-state index in [0.717, 1.165) is 19.3 Å². The molecule has 1 fully saturated rings. The molecule has 17 heavy (non-hydrogen) atoms. The topological polar surface area (TPSA) is 55.1 Å². The summed E-state index contributed by atoms with van der Waals surface area (Å²) >= 11 is 3.17. The van der Waals surface area contributed by atoms with Crippen molar-refractivity contribution in [1.29, 1.82) is 0 Å². The van der Waals surface area contributed by atoms with E-state index in [1.807, 2.05) is 0 Å². The van der Waals surface area contributed by atoms with E-state index >= 15 is 0 Å². The Labute approximate surface area is 108 Å². The number of anilines is 1. The number of rotatable bonds is 2. The standard InChI is InChI=1S/C12H14BrFN2O/c13-7-4-5-11(9(14)6-7)16-12(17)8-2-1-3-10(8)15/h4-6,8,10H,1-3,15H2,(H,16,17). The molecule has 0 bridgehead atoms. The number of amides is 1. The molecule has 0 spiro atoms. The first-order valence-electron chi connectivity index (χ1n) is 5.59. The predicted molar refractivity (Wildman–Crippen MR) is 68.0 cm³/mol. The highest BCUT2D eigenvalue weighted by molar-refractivity contribution is 9.10. The summed E-state index contributed by atoms with van der Waals surface area (Å²) in [4.78, 5) is 11.9. The first-order chi connectivity index (χ1) is 8.08. The van der Waals surface area contributed by atoms with Gasteiger partial charge in [0.1, 0.15) is 5.82 Å². The van der Waals surface area contributed by atoms with E-state index in [1.54, 1.807) is 6.07 Å². The van der Waals surface area contributed by atoms with Crippen LogP contribution in [0.25, 0.3) is 0 Å². The SMILES string of the molecule is NC1CCCC1C(=O)Nc1ccc(Br)cc1F. The van der Waals surface area contributed by atoms with Crippen LogP contribution < -0.4 is 11.1 Å². The molecule has 2 rings (SSSR count). The lowest BCUT2D eigenvalue weighted by molar-refractivity contribution is -0.120. The van der Waals surface area contributed by atoms with Crippen LogP contribution in [0.5, 0.6) is 0 Å². The summed E-state index contributed by atoms with van der Waals surface area (Å²) < 4.78 is 14.2. The average Bonchev–Trinajstić information content (AvgIpc) is 2.68. The Balaban J connectivity index is 2.07. The van der Waals surface area contributed by atoms with Crippen molar-refractivity contribution in [2.75, 3.05) is 5.32 Å². The lowest BCUT2D eigenvalue weighted by Crippen LogP contribution is -2.34. The van der Waals surface area contributed by atoms with Crippen molar-refractivity contribution in [2.45, 2.75) is 25.3 Å². The van der Waals surface area contributed by atoms with Crippen LogP contribution in [0.1, 0.15) is 19.3 Å². The third-order valence-corrected chi connectivity index (χ3v) is 3.59. The van der Waals surface area contributed by atoms with Gasteiger partial charge in [0.2, 0.25) is 5.91 Å². The molecule has 1 aliphatic carbocycles. The molecule has 2 atom stereocenters. The zero-order valence-electron chi connectivity index (χ0n) is 9.25. The van der Waals surface area contributed by atoms with E-state index in [1.165, 1.54) is 12.1 Å². The maximum atomic E-state index is 13.5. The molecule has 0 radical (unpaired) electrons. The van der Waals surface area contributed by atoms with Crippen LogP contribution in [-0.4, -0.2) is 11.9 Å². The van der Waals surface area contributed by atoms with Gasteiger partial charge in [-0.15, -0.1) is 0 Å². The zero-order chi connectivity index (χ0) is 12.4. The second-order valence-corrected chi connectivity index (χ2v) is 5.23. The van der Waals surface area contributed by atoms with Gasteiger partial charge in [0.15, 0.2) is 0 Å². The zero-order valence-corrected chi connectivity index (χ0v) is 10.8. The third kappa shape index (κ3) is 2.84. The summed E-state index contributed by atoms with van der Waals surface area (Å²) in [5.74, 6) is -0.825. The van der Waals surface area contributed by atoms with Crippen LogP contribution in [0.4, 0.5) is 10.1 Å². The highest BCUT2D eigenvalue weighted by Gasteiger charge is 2.30. The molecule has 3 nitrogen and oxygen atoms in total. The second-order valence-electron chi connectivity index (χ2n) is 4.31. The van der Waals surface area contributed by atoms with Crippen molar-refractivity contribution in [3.05, 3.63) is 28.5 Å². The Kier molecular flexibility index (Phi) is 3.79. The summed E-state index contributed by atoms with van der Waals surface area (Å²) in [7, 11) is 0. The van der Waals surface area contributed by atoms with E-state index in [2.05, 4.69) is 21.2 Å². The molecule has 2 unspecified atom stereocenters. The van der Waals surface area contributed by atoms with Gasteiger partial charge in [0.25, 0.3) is 0 Å². The van der Waals surface area contributed by atoms with E-state index in [4.69, 9.17) is 5.73 Å². The Morgan fingerprint density at radius 2 is 2.24 bits per heavy atom. The highest BCUT2D eigenvalue weighted by atomic mass is 79.9. The summed E-state index contributed by atoms with van der Waals surface area (Å²) in [5.41, 5.74) is 6.04. The summed E-state index contributed by atoms with van der Waals surface area (Å²) in [6, 6.07) is 4.45. The third-order valence-electron chi connectivity index (χ3n) is 3.10. The number of benzene rings is 1. The molecule has 1 aromatic rings.